The van der Waals surface area contributed by atoms with Crippen molar-refractivity contribution >= 4 is 17.8 Å². The van der Waals surface area contributed by atoms with Crippen molar-refractivity contribution < 1.29 is 19.4 Å². The number of hydrazone groups is 1. The van der Waals surface area contributed by atoms with Crippen molar-refractivity contribution in [3.05, 3.63) is 77.5 Å². The number of rotatable bonds is 10. The number of hydrogen-bond donors (Lipinski definition) is 1. The van der Waals surface area contributed by atoms with E-state index in [0.29, 0.717) is 18.7 Å². The maximum absolute atomic E-state index is 11.4. The molecular weight excluding hydrogens is 344 g/mol. The number of carboxylic acid groups (broad SMARTS) is 1. The van der Waals surface area contributed by atoms with Gasteiger partial charge in [0.15, 0.2) is 0 Å². The van der Waals surface area contributed by atoms with Gasteiger partial charge in [-0.2, -0.15) is 5.10 Å². The number of carbonyl (C=O) groups is 1. The summed E-state index contributed by atoms with van der Waals surface area (Å²) in [5, 5.41) is 15.5. The minimum atomic E-state index is -1.05. The van der Waals surface area contributed by atoms with E-state index in [4.69, 9.17) is 9.47 Å². The Bertz CT molecular complexity index is 788. The number of nitrogens with zero attached hydrogens (tertiary/aromatic N) is 2. The highest BCUT2D eigenvalue weighted by Gasteiger charge is 2.14. The van der Waals surface area contributed by atoms with Gasteiger partial charge >= 0.3 is 5.97 Å². The van der Waals surface area contributed by atoms with Crippen molar-refractivity contribution in [1.29, 1.82) is 0 Å². The van der Waals surface area contributed by atoms with Crippen LogP contribution in [0, 0.1) is 0 Å². The molecule has 27 heavy (non-hydrogen) atoms. The summed E-state index contributed by atoms with van der Waals surface area (Å²) < 4.78 is 10.5. The van der Waals surface area contributed by atoms with Crippen LogP contribution in [0.25, 0.3) is 5.57 Å². The Morgan fingerprint density at radius 1 is 1.15 bits per heavy atom. The molecule has 0 amide bonds. The first-order chi connectivity index (χ1) is 13.1. The first-order valence-corrected chi connectivity index (χ1v) is 8.51. The molecule has 0 aromatic heterocycles. The van der Waals surface area contributed by atoms with Gasteiger partial charge in [0.2, 0.25) is 0 Å². The molecule has 2 rings (SSSR count). The molecule has 0 unspecified atom stereocenters. The molecule has 0 aliphatic heterocycles. The Morgan fingerprint density at radius 2 is 1.85 bits per heavy atom. The van der Waals surface area contributed by atoms with E-state index in [-0.39, 0.29) is 12.2 Å². The number of carboxylic acids is 1. The molecule has 0 fully saturated rings. The molecule has 6 heteroatoms. The lowest BCUT2D eigenvalue weighted by atomic mass is 10.0. The van der Waals surface area contributed by atoms with Crippen LogP contribution in [0.5, 0.6) is 0 Å². The van der Waals surface area contributed by atoms with Crippen LogP contribution in [0.4, 0.5) is 0 Å². The summed E-state index contributed by atoms with van der Waals surface area (Å²) in [5.41, 5.74) is 2.62. The molecule has 0 saturated carbocycles. The van der Waals surface area contributed by atoms with Crippen molar-refractivity contribution in [3.63, 3.8) is 0 Å². The van der Waals surface area contributed by atoms with Crippen molar-refractivity contribution in [2.75, 3.05) is 20.8 Å². The van der Waals surface area contributed by atoms with Gasteiger partial charge in [-0.3, -0.25) is 5.01 Å². The molecule has 0 bridgehead atoms. The van der Waals surface area contributed by atoms with Crippen molar-refractivity contribution in [3.8, 4) is 0 Å². The normalized spacial score (nSPS) is 11.6. The monoisotopic (exact) mass is 368 g/mol. The zero-order chi connectivity index (χ0) is 19.5. The smallest absolute Gasteiger partial charge is 0.339 e. The molecular formula is C21H24N2O4. The highest BCUT2D eigenvalue weighted by Crippen LogP contribution is 2.20. The van der Waals surface area contributed by atoms with E-state index in [1.165, 1.54) is 18.9 Å². The maximum atomic E-state index is 11.4. The van der Waals surface area contributed by atoms with Gasteiger partial charge in [0.1, 0.15) is 5.57 Å². The Hall–Kier alpha value is -3.12. The summed E-state index contributed by atoms with van der Waals surface area (Å²) in [6.45, 7) is 1.31. The molecule has 0 heterocycles. The first kappa shape index (κ1) is 20.2. The van der Waals surface area contributed by atoms with Crippen LogP contribution in [0.15, 0.2) is 66.0 Å². The lowest BCUT2D eigenvalue weighted by molar-refractivity contribution is -0.130. The van der Waals surface area contributed by atoms with E-state index < -0.39 is 5.97 Å². The number of hydrogen-bond acceptors (Lipinski definition) is 5. The lowest BCUT2D eigenvalue weighted by Gasteiger charge is -2.13. The number of methoxy groups -OCH3 is 1. The van der Waals surface area contributed by atoms with Gasteiger partial charge in [-0.15, -0.1) is 0 Å². The molecule has 0 aliphatic rings. The van der Waals surface area contributed by atoms with Crippen LogP contribution in [-0.4, -0.2) is 43.1 Å². The van der Waals surface area contributed by atoms with Gasteiger partial charge in [-0.05, 0) is 16.7 Å². The molecule has 2 aromatic carbocycles. The van der Waals surface area contributed by atoms with Crippen LogP contribution in [0.1, 0.15) is 16.7 Å². The Morgan fingerprint density at radius 3 is 2.56 bits per heavy atom. The number of ether oxygens (including phenoxy) is 2. The Labute approximate surface area is 159 Å². The fourth-order valence-corrected chi connectivity index (χ4v) is 2.54. The predicted molar refractivity (Wildman–Crippen MR) is 105 cm³/mol. The topological polar surface area (TPSA) is 71.4 Å². The molecule has 0 radical (unpaired) electrons. The third-order valence-corrected chi connectivity index (χ3v) is 3.76. The molecule has 142 valence electrons. The fourth-order valence-electron chi connectivity index (χ4n) is 2.54. The minimum absolute atomic E-state index is 0.0907. The largest absolute Gasteiger partial charge is 0.503 e. The molecule has 0 spiro atoms. The average molecular weight is 368 g/mol. The van der Waals surface area contributed by atoms with Gasteiger partial charge < -0.3 is 14.6 Å². The van der Waals surface area contributed by atoms with Gasteiger partial charge in [-0.25, -0.2) is 4.79 Å². The summed E-state index contributed by atoms with van der Waals surface area (Å²) >= 11 is 0. The van der Waals surface area contributed by atoms with Gasteiger partial charge in [0.25, 0.3) is 0 Å². The lowest BCUT2D eigenvalue weighted by Crippen LogP contribution is -2.11. The Kier molecular flexibility index (Phi) is 8.06. The van der Waals surface area contributed by atoms with E-state index >= 15 is 0 Å². The van der Waals surface area contributed by atoms with Gasteiger partial charge in [0, 0.05) is 7.05 Å². The zero-order valence-electron chi connectivity index (χ0n) is 15.5. The van der Waals surface area contributed by atoms with E-state index in [2.05, 4.69) is 5.10 Å². The Balaban J connectivity index is 1.88. The summed E-state index contributed by atoms with van der Waals surface area (Å²) in [6.07, 6.45) is 2.91. The van der Waals surface area contributed by atoms with Gasteiger partial charge in [0.05, 0.1) is 39.3 Å². The van der Waals surface area contributed by atoms with E-state index in [9.17, 15) is 9.90 Å². The standard InChI is InChI=1S/C21H24N2O4/c1-23(14-17-8-4-3-5-9-17)22-12-13-27-15-18-10-6-7-11-19(18)20(16-26-2)21(24)25/h3-12,16H,13-15H2,1-2H3,(H,24,25)/b20-16+,22-12+. The van der Waals surface area contributed by atoms with E-state index in [0.717, 1.165) is 5.56 Å². The van der Waals surface area contributed by atoms with Crippen LogP contribution in [0.3, 0.4) is 0 Å². The minimum Gasteiger partial charge on any atom is -0.503 e. The summed E-state index contributed by atoms with van der Waals surface area (Å²) in [4.78, 5) is 11.4. The second-order valence-electron chi connectivity index (χ2n) is 5.84. The highest BCUT2D eigenvalue weighted by molar-refractivity contribution is 6.15. The number of aliphatic carboxylic acids is 1. The highest BCUT2D eigenvalue weighted by atomic mass is 16.5. The molecule has 0 saturated heterocycles. The second kappa shape index (κ2) is 10.8. The third-order valence-electron chi connectivity index (χ3n) is 3.76. The third kappa shape index (κ3) is 6.60. The van der Waals surface area contributed by atoms with Crippen LogP contribution in [0.2, 0.25) is 0 Å². The number of benzene rings is 2. The zero-order valence-corrected chi connectivity index (χ0v) is 15.5. The molecule has 0 atom stereocenters. The fraction of sp³-hybridized carbons (Fsp3) is 0.238. The molecule has 2 aromatic rings. The average Bonchev–Trinajstić information content (AvgIpc) is 2.67. The van der Waals surface area contributed by atoms with Crippen molar-refractivity contribution in [2.45, 2.75) is 13.2 Å². The van der Waals surface area contributed by atoms with Crippen molar-refractivity contribution in [1.82, 2.24) is 5.01 Å². The predicted octanol–water partition coefficient (Wildman–Crippen LogP) is 3.39. The molecule has 0 aliphatic carbocycles. The summed E-state index contributed by atoms with van der Waals surface area (Å²) in [7, 11) is 3.32. The summed E-state index contributed by atoms with van der Waals surface area (Å²) in [5.74, 6) is -1.05. The summed E-state index contributed by atoms with van der Waals surface area (Å²) in [6, 6.07) is 17.3. The molecule has 6 nitrogen and oxygen atoms in total. The van der Waals surface area contributed by atoms with Crippen LogP contribution < -0.4 is 0 Å². The molecule has 1 N–H and O–H groups in total. The van der Waals surface area contributed by atoms with Crippen LogP contribution >= 0.6 is 0 Å². The quantitative estimate of drug-likeness (QED) is 0.229. The SMILES string of the molecule is CO/C=C(/C(=O)O)c1ccccc1COC/C=N/N(C)Cc1ccccc1. The first-order valence-electron chi connectivity index (χ1n) is 8.51. The van der Waals surface area contributed by atoms with Crippen molar-refractivity contribution in [2.24, 2.45) is 5.10 Å². The van der Waals surface area contributed by atoms with E-state index in [1.807, 2.05) is 54.5 Å². The van der Waals surface area contributed by atoms with E-state index in [1.54, 1.807) is 18.3 Å². The van der Waals surface area contributed by atoms with Crippen LogP contribution in [-0.2, 0) is 27.4 Å². The van der Waals surface area contributed by atoms with Gasteiger partial charge in [-0.1, -0.05) is 54.6 Å². The maximum Gasteiger partial charge on any atom is 0.339 e. The second-order valence-corrected chi connectivity index (χ2v) is 5.84.